The Morgan fingerprint density at radius 2 is 1.88 bits per heavy atom. The highest BCUT2D eigenvalue weighted by Crippen LogP contribution is 2.32. The van der Waals surface area contributed by atoms with Gasteiger partial charge >= 0.3 is 5.97 Å². The first-order valence-electron chi connectivity index (χ1n) is 7.52. The van der Waals surface area contributed by atoms with E-state index >= 15 is 0 Å². The zero-order valence-electron chi connectivity index (χ0n) is 12.7. The molecule has 0 radical (unpaired) electrons. The van der Waals surface area contributed by atoms with E-state index in [1.807, 2.05) is 30.3 Å². The van der Waals surface area contributed by atoms with Gasteiger partial charge in [0.15, 0.2) is 5.75 Å². The number of rotatable bonds is 4. The molecule has 1 heterocycles. The minimum absolute atomic E-state index is 0.0574. The van der Waals surface area contributed by atoms with Gasteiger partial charge in [-0.2, -0.15) is 0 Å². The summed E-state index contributed by atoms with van der Waals surface area (Å²) >= 11 is 11.9. The number of esters is 1. The number of carbonyl (C=O) groups is 2. The van der Waals surface area contributed by atoms with Gasteiger partial charge in [0.1, 0.15) is 5.02 Å². The number of ether oxygens (including phenoxy) is 1. The van der Waals surface area contributed by atoms with Crippen LogP contribution >= 0.6 is 23.2 Å². The molecule has 1 fully saturated rings. The molecule has 0 spiro atoms. The first kappa shape index (κ1) is 16.8. The van der Waals surface area contributed by atoms with Crippen LogP contribution in [0.1, 0.15) is 12.0 Å². The second-order valence-electron chi connectivity index (χ2n) is 5.63. The summed E-state index contributed by atoms with van der Waals surface area (Å²) in [5.74, 6) is -0.819. The van der Waals surface area contributed by atoms with Gasteiger partial charge in [-0.05, 0) is 17.7 Å². The topological polar surface area (TPSA) is 46.6 Å². The predicted octanol–water partition coefficient (Wildman–Crippen LogP) is 3.95. The number of halogens is 2. The van der Waals surface area contributed by atoms with Gasteiger partial charge in [0, 0.05) is 19.5 Å². The van der Waals surface area contributed by atoms with Crippen LogP contribution in [-0.2, 0) is 16.1 Å². The fourth-order valence-electron chi connectivity index (χ4n) is 2.64. The molecule has 1 saturated heterocycles. The van der Waals surface area contributed by atoms with Crippen LogP contribution < -0.4 is 4.74 Å². The van der Waals surface area contributed by atoms with E-state index in [4.69, 9.17) is 27.9 Å². The summed E-state index contributed by atoms with van der Waals surface area (Å²) in [5.41, 5.74) is 1.03. The monoisotopic (exact) mass is 363 g/mol. The van der Waals surface area contributed by atoms with Crippen LogP contribution in [0.4, 0.5) is 0 Å². The fourth-order valence-corrected chi connectivity index (χ4v) is 2.97. The number of hydrogen-bond donors (Lipinski definition) is 0. The van der Waals surface area contributed by atoms with E-state index in [0.29, 0.717) is 18.1 Å². The Bertz CT molecular complexity index is 764. The predicted molar refractivity (Wildman–Crippen MR) is 92.1 cm³/mol. The summed E-state index contributed by atoms with van der Waals surface area (Å²) < 4.78 is 5.32. The minimum Gasteiger partial charge on any atom is -0.425 e. The smallest absolute Gasteiger partial charge is 0.316 e. The lowest BCUT2D eigenvalue weighted by Crippen LogP contribution is -2.27. The van der Waals surface area contributed by atoms with Crippen molar-refractivity contribution in [3.8, 4) is 5.75 Å². The first-order chi connectivity index (χ1) is 11.5. The Morgan fingerprint density at radius 1 is 1.12 bits per heavy atom. The van der Waals surface area contributed by atoms with Crippen LogP contribution in [0.25, 0.3) is 0 Å². The molecule has 1 aliphatic heterocycles. The number of nitrogens with zero attached hydrogens (tertiary/aromatic N) is 1. The summed E-state index contributed by atoms with van der Waals surface area (Å²) in [6.45, 7) is 0.826. The van der Waals surface area contributed by atoms with Crippen molar-refractivity contribution in [1.29, 1.82) is 0 Å². The quantitative estimate of drug-likeness (QED) is 0.610. The lowest BCUT2D eigenvalue weighted by atomic mass is 10.1. The second-order valence-corrected chi connectivity index (χ2v) is 6.42. The van der Waals surface area contributed by atoms with E-state index in [0.717, 1.165) is 5.56 Å². The van der Waals surface area contributed by atoms with E-state index in [2.05, 4.69) is 0 Å². The maximum atomic E-state index is 12.3. The lowest BCUT2D eigenvalue weighted by Gasteiger charge is -2.16. The molecule has 1 atom stereocenters. The van der Waals surface area contributed by atoms with Crippen molar-refractivity contribution >= 4 is 35.1 Å². The Labute approximate surface area is 149 Å². The molecule has 2 aromatic carbocycles. The molecule has 3 rings (SSSR count). The molecule has 24 heavy (non-hydrogen) atoms. The summed E-state index contributed by atoms with van der Waals surface area (Å²) in [6.07, 6.45) is 0.143. The lowest BCUT2D eigenvalue weighted by molar-refractivity contribution is -0.139. The van der Waals surface area contributed by atoms with Crippen molar-refractivity contribution in [2.24, 2.45) is 5.92 Å². The summed E-state index contributed by atoms with van der Waals surface area (Å²) in [7, 11) is 0. The Hall–Kier alpha value is -2.04. The van der Waals surface area contributed by atoms with Crippen molar-refractivity contribution in [1.82, 2.24) is 4.90 Å². The molecule has 0 saturated carbocycles. The number of likely N-dealkylation sites (tertiary alicyclic amines) is 1. The standard InChI is InChI=1S/C18H15Cl2NO3/c19-14-7-4-8-15(17(14)20)24-18(23)13-9-16(22)21(11-13)10-12-5-2-1-3-6-12/h1-8,13H,9-11H2/t13-/m0/s1. The van der Waals surface area contributed by atoms with Gasteiger partial charge in [-0.15, -0.1) is 0 Å². The van der Waals surface area contributed by atoms with Gasteiger partial charge in [-0.25, -0.2) is 0 Å². The van der Waals surface area contributed by atoms with Crippen molar-refractivity contribution in [3.63, 3.8) is 0 Å². The third kappa shape index (κ3) is 3.71. The highest BCUT2D eigenvalue weighted by molar-refractivity contribution is 6.43. The molecule has 0 aromatic heterocycles. The number of amides is 1. The van der Waals surface area contributed by atoms with E-state index < -0.39 is 11.9 Å². The average molecular weight is 364 g/mol. The van der Waals surface area contributed by atoms with E-state index in [-0.39, 0.29) is 23.1 Å². The Kier molecular flexibility index (Phi) is 5.07. The third-order valence-corrected chi connectivity index (χ3v) is 4.69. The average Bonchev–Trinajstić information content (AvgIpc) is 2.94. The molecule has 6 heteroatoms. The zero-order valence-corrected chi connectivity index (χ0v) is 14.3. The summed E-state index contributed by atoms with van der Waals surface area (Å²) in [4.78, 5) is 26.1. The number of benzene rings is 2. The van der Waals surface area contributed by atoms with Crippen molar-refractivity contribution in [2.75, 3.05) is 6.54 Å². The summed E-state index contributed by atoms with van der Waals surface area (Å²) in [5, 5.41) is 0.508. The highest BCUT2D eigenvalue weighted by Gasteiger charge is 2.35. The maximum absolute atomic E-state index is 12.3. The largest absolute Gasteiger partial charge is 0.425 e. The molecule has 0 aliphatic carbocycles. The van der Waals surface area contributed by atoms with E-state index in [1.165, 1.54) is 0 Å². The fraction of sp³-hybridized carbons (Fsp3) is 0.222. The maximum Gasteiger partial charge on any atom is 0.316 e. The highest BCUT2D eigenvalue weighted by atomic mass is 35.5. The third-order valence-electron chi connectivity index (χ3n) is 3.89. The molecule has 0 N–H and O–H groups in total. The molecular weight excluding hydrogens is 349 g/mol. The van der Waals surface area contributed by atoms with Gasteiger partial charge < -0.3 is 9.64 Å². The SMILES string of the molecule is O=C(Oc1cccc(Cl)c1Cl)[C@H]1CC(=O)N(Cc2ccccc2)C1. The molecule has 1 amide bonds. The van der Waals surface area contributed by atoms with Crippen LogP contribution in [0.3, 0.4) is 0 Å². The van der Waals surface area contributed by atoms with E-state index in [9.17, 15) is 9.59 Å². The number of hydrogen-bond acceptors (Lipinski definition) is 3. The van der Waals surface area contributed by atoms with Crippen LogP contribution in [-0.4, -0.2) is 23.3 Å². The summed E-state index contributed by atoms with van der Waals surface area (Å²) in [6, 6.07) is 14.5. The van der Waals surface area contributed by atoms with Gasteiger partial charge in [0.25, 0.3) is 0 Å². The molecular formula is C18H15Cl2NO3. The van der Waals surface area contributed by atoms with E-state index in [1.54, 1.807) is 23.1 Å². The van der Waals surface area contributed by atoms with Crippen LogP contribution in [0.15, 0.2) is 48.5 Å². The number of carbonyl (C=O) groups excluding carboxylic acids is 2. The van der Waals surface area contributed by atoms with Crippen molar-refractivity contribution < 1.29 is 14.3 Å². The Balaban J connectivity index is 1.64. The van der Waals surface area contributed by atoms with Crippen LogP contribution in [0, 0.1) is 5.92 Å². The minimum atomic E-state index is -0.503. The molecule has 124 valence electrons. The molecule has 1 aliphatic rings. The first-order valence-corrected chi connectivity index (χ1v) is 8.27. The van der Waals surface area contributed by atoms with Gasteiger partial charge in [0.05, 0.1) is 10.9 Å². The van der Waals surface area contributed by atoms with Gasteiger partial charge in [-0.1, -0.05) is 59.6 Å². The van der Waals surface area contributed by atoms with Crippen molar-refractivity contribution in [2.45, 2.75) is 13.0 Å². The molecule has 4 nitrogen and oxygen atoms in total. The molecule has 0 bridgehead atoms. The van der Waals surface area contributed by atoms with Crippen LogP contribution in [0.5, 0.6) is 5.75 Å². The van der Waals surface area contributed by atoms with Crippen LogP contribution in [0.2, 0.25) is 10.0 Å². The van der Waals surface area contributed by atoms with Crippen molar-refractivity contribution in [3.05, 3.63) is 64.1 Å². The molecule has 0 unspecified atom stereocenters. The normalized spacial score (nSPS) is 17.2. The van der Waals surface area contributed by atoms with Gasteiger partial charge in [-0.3, -0.25) is 9.59 Å². The van der Waals surface area contributed by atoms with Gasteiger partial charge in [0.2, 0.25) is 5.91 Å². The molecule has 2 aromatic rings. The Morgan fingerprint density at radius 3 is 2.62 bits per heavy atom. The zero-order chi connectivity index (χ0) is 17.1. The second kappa shape index (κ2) is 7.24.